The van der Waals surface area contributed by atoms with Crippen LogP contribution in [-0.2, 0) is 4.79 Å². The fraction of sp³-hybridized carbons (Fsp3) is 0.609. The second kappa shape index (κ2) is 13.1. The molecule has 1 aromatic carbocycles. The normalized spacial score (nSPS) is 12.1. The van der Waals surface area contributed by atoms with Crippen molar-refractivity contribution in [2.75, 3.05) is 14.2 Å². The Bertz CT molecular complexity index is 621. The molecular weight excluding hydrogens is 457 g/mol. The number of hydrogen-bond acceptors (Lipinski definition) is 3. The number of ether oxygens (including phenoxy) is 2. The van der Waals surface area contributed by atoms with Crippen molar-refractivity contribution in [3.8, 4) is 11.5 Å². The van der Waals surface area contributed by atoms with Gasteiger partial charge in [-0.05, 0) is 0 Å². The molecule has 1 aromatic rings. The standard InChI is InChI=1S/C11H12NO3.3C4H9.Sn/c1-14-9-5-3-8(4-6-11(12)13)7-10(9)15-2;3*1-3-4-2;/h3-5,7H,1-2H3,(H2,12,13);3*1,3-4H2,2H3;. The molecule has 0 heterocycles. The Morgan fingerprint density at radius 1 is 0.929 bits per heavy atom. The minimum atomic E-state index is -2.90. The molecule has 158 valence electrons. The Balaban J connectivity index is 3.46. The first-order valence-corrected chi connectivity index (χ1v) is 18.2. The molecule has 0 spiro atoms. The average Bonchev–Trinajstić information content (AvgIpc) is 2.71. The van der Waals surface area contributed by atoms with Crippen LogP contribution in [0.15, 0.2) is 21.8 Å². The molecule has 5 heteroatoms. The fourth-order valence-corrected chi connectivity index (χ4v) is 20.0. The van der Waals surface area contributed by atoms with E-state index < -0.39 is 18.4 Å². The number of carbonyl (C=O) groups excluding carboxylic acids is 1. The molecule has 0 bridgehead atoms. The first kappa shape index (κ1) is 24.9. The van der Waals surface area contributed by atoms with Gasteiger partial charge in [0.05, 0.1) is 0 Å². The van der Waals surface area contributed by atoms with Crippen LogP contribution in [0.2, 0.25) is 13.3 Å². The van der Waals surface area contributed by atoms with E-state index in [1.165, 1.54) is 51.8 Å². The van der Waals surface area contributed by atoms with Gasteiger partial charge in [-0.25, -0.2) is 0 Å². The number of unbranched alkanes of at least 4 members (excludes halogenated alkanes) is 3. The second-order valence-electron chi connectivity index (χ2n) is 7.63. The van der Waals surface area contributed by atoms with Gasteiger partial charge in [0.2, 0.25) is 0 Å². The number of methoxy groups -OCH3 is 2. The molecular formula is C23H39NO3Sn. The van der Waals surface area contributed by atoms with E-state index in [9.17, 15) is 4.79 Å². The monoisotopic (exact) mass is 497 g/mol. The molecule has 0 radical (unpaired) electrons. The summed E-state index contributed by atoms with van der Waals surface area (Å²) in [6.07, 6.45) is 9.15. The Labute approximate surface area is 175 Å². The summed E-state index contributed by atoms with van der Waals surface area (Å²) in [5, 5.41) is 0. The summed E-state index contributed by atoms with van der Waals surface area (Å²) in [4.78, 5) is 12.7. The quantitative estimate of drug-likeness (QED) is 0.256. The molecule has 0 aliphatic carbocycles. The van der Waals surface area contributed by atoms with Gasteiger partial charge in [-0.3, -0.25) is 0 Å². The van der Waals surface area contributed by atoms with Crippen LogP contribution in [0.4, 0.5) is 0 Å². The third kappa shape index (κ3) is 7.02. The van der Waals surface area contributed by atoms with Crippen LogP contribution in [0.25, 0.3) is 6.08 Å². The van der Waals surface area contributed by atoms with Gasteiger partial charge in [0.25, 0.3) is 0 Å². The van der Waals surface area contributed by atoms with Crippen molar-refractivity contribution in [2.45, 2.75) is 72.6 Å². The number of hydrogen-bond donors (Lipinski definition) is 1. The van der Waals surface area contributed by atoms with Crippen molar-refractivity contribution < 1.29 is 14.3 Å². The van der Waals surface area contributed by atoms with E-state index in [4.69, 9.17) is 15.2 Å². The van der Waals surface area contributed by atoms with Crippen LogP contribution in [0.3, 0.4) is 0 Å². The van der Waals surface area contributed by atoms with E-state index >= 15 is 0 Å². The summed E-state index contributed by atoms with van der Waals surface area (Å²) < 4.78 is 15.4. The van der Waals surface area contributed by atoms with Gasteiger partial charge < -0.3 is 0 Å². The Morgan fingerprint density at radius 3 is 1.82 bits per heavy atom. The third-order valence-electron chi connectivity index (χ3n) is 5.58. The molecule has 0 fully saturated rings. The topological polar surface area (TPSA) is 61.6 Å². The van der Waals surface area contributed by atoms with Crippen LogP contribution >= 0.6 is 0 Å². The molecule has 0 unspecified atom stereocenters. The summed E-state index contributed by atoms with van der Waals surface area (Å²) >= 11 is -2.90. The van der Waals surface area contributed by atoms with Crippen LogP contribution in [0.1, 0.15) is 64.9 Å². The number of primary amides is 1. The molecule has 0 atom stereocenters. The molecule has 4 nitrogen and oxygen atoms in total. The number of amides is 1. The first-order chi connectivity index (χ1) is 13.5. The molecule has 0 aromatic heterocycles. The number of rotatable bonds is 14. The predicted octanol–water partition coefficient (Wildman–Crippen LogP) is 5.96. The summed E-state index contributed by atoms with van der Waals surface area (Å²) in [5.41, 5.74) is 6.97. The third-order valence-corrected chi connectivity index (χ3v) is 21.2. The summed E-state index contributed by atoms with van der Waals surface area (Å²) in [7, 11) is 3.26. The maximum atomic E-state index is 12.7. The van der Waals surface area contributed by atoms with Crippen LogP contribution in [0.5, 0.6) is 11.5 Å². The molecule has 0 saturated heterocycles. The first-order valence-electron chi connectivity index (χ1n) is 10.7. The number of carbonyl (C=O) groups is 1. The zero-order valence-corrected chi connectivity index (χ0v) is 21.3. The molecule has 0 aliphatic heterocycles. The van der Waals surface area contributed by atoms with E-state index in [1.54, 1.807) is 14.2 Å². The van der Waals surface area contributed by atoms with Crippen molar-refractivity contribution in [1.29, 1.82) is 0 Å². The maximum absolute atomic E-state index is 12.7. The zero-order valence-electron chi connectivity index (χ0n) is 18.5. The van der Waals surface area contributed by atoms with Gasteiger partial charge in [-0.1, -0.05) is 0 Å². The van der Waals surface area contributed by atoms with Gasteiger partial charge in [0.15, 0.2) is 0 Å². The summed E-state index contributed by atoms with van der Waals surface area (Å²) in [6.45, 7) is 6.70. The van der Waals surface area contributed by atoms with Gasteiger partial charge in [-0.15, -0.1) is 0 Å². The van der Waals surface area contributed by atoms with E-state index in [-0.39, 0.29) is 5.91 Å². The fourth-order valence-electron chi connectivity index (χ4n) is 3.92. The molecule has 0 saturated carbocycles. The predicted molar refractivity (Wildman–Crippen MR) is 122 cm³/mol. The number of nitrogens with two attached hydrogens (primary N) is 1. The SMILES string of the molecule is CCC[CH2][Sn]([CH2]CCC)([CH2]CCC)/[C](=C/c1ccc(OC)c(OC)c1)C(N)=O. The zero-order chi connectivity index (χ0) is 21.0. The molecule has 1 amide bonds. The van der Waals surface area contributed by atoms with Crippen LogP contribution < -0.4 is 15.2 Å². The van der Waals surface area contributed by atoms with Crippen molar-refractivity contribution >= 4 is 30.4 Å². The van der Waals surface area contributed by atoms with Gasteiger partial charge in [-0.2, -0.15) is 0 Å². The van der Waals surface area contributed by atoms with Crippen molar-refractivity contribution in [2.24, 2.45) is 5.73 Å². The van der Waals surface area contributed by atoms with Crippen LogP contribution in [-0.4, -0.2) is 38.5 Å². The Morgan fingerprint density at radius 2 is 1.43 bits per heavy atom. The average molecular weight is 496 g/mol. The number of benzene rings is 1. The van der Waals surface area contributed by atoms with E-state index in [2.05, 4.69) is 26.8 Å². The summed E-state index contributed by atoms with van der Waals surface area (Å²) in [5.74, 6) is 1.16. The van der Waals surface area contributed by atoms with Gasteiger partial charge in [0.1, 0.15) is 0 Å². The summed E-state index contributed by atoms with van der Waals surface area (Å²) in [6, 6.07) is 5.82. The van der Waals surface area contributed by atoms with E-state index in [0.717, 1.165) is 9.15 Å². The molecule has 28 heavy (non-hydrogen) atoms. The molecule has 0 aliphatic rings. The van der Waals surface area contributed by atoms with E-state index in [1.807, 2.05) is 18.2 Å². The Kier molecular flexibility index (Phi) is 11.7. The molecule has 2 N–H and O–H groups in total. The van der Waals surface area contributed by atoms with Gasteiger partial charge >= 0.3 is 176 Å². The van der Waals surface area contributed by atoms with Crippen molar-refractivity contribution in [3.05, 3.63) is 27.4 Å². The second-order valence-corrected chi connectivity index (χ2v) is 20.8. The van der Waals surface area contributed by atoms with Gasteiger partial charge in [0, 0.05) is 0 Å². The minimum absolute atomic E-state index is 0.214. The van der Waals surface area contributed by atoms with Crippen molar-refractivity contribution in [1.82, 2.24) is 0 Å². The molecule has 1 rings (SSSR count). The van der Waals surface area contributed by atoms with E-state index in [0.29, 0.717) is 11.5 Å². The van der Waals surface area contributed by atoms with Crippen LogP contribution in [0, 0.1) is 0 Å². The Hall–Kier alpha value is -1.17. The van der Waals surface area contributed by atoms with Crippen molar-refractivity contribution in [3.63, 3.8) is 0 Å².